The summed E-state index contributed by atoms with van der Waals surface area (Å²) in [5.41, 5.74) is -0.782. The van der Waals surface area contributed by atoms with Gasteiger partial charge in [-0.05, 0) is 5.56 Å². The van der Waals surface area contributed by atoms with Gasteiger partial charge in [-0.25, -0.2) is 0 Å². The minimum atomic E-state index is -1.64. The Morgan fingerprint density at radius 2 is 2.00 bits per heavy atom. The molecular formula is C13H12O3. The molecule has 1 aromatic carbocycles. The molecule has 0 saturated heterocycles. The number of ketones is 1. The van der Waals surface area contributed by atoms with Crippen LogP contribution in [-0.4, -0.2) is 18.0 Å². The number of rotatable bonds is 3. The third-order valence-corrected chi connectivity index (χ3v) is 2.75. The molecule has 1 N–H and O–H groups in total. The summed E-state index contributed by atoms with van der Waals surface area (Å²) in [6.07, 6.45) is 1.40. The van der Waals surface area contributed by atoms with E-state index in [1.807, 2.05) is 6.07 Å². The molecule has 1 unspecified atom stereocenters. The van der Waals surface area contributed by atoms with Crippen LogP contribution in [-0.2, 0) is 15.1 Å². The first-order chi connectivity index (χ1) is 7.66. The van der Waals surface area contributed by atoms with Crippen LogP contribution < -0.4 is 0 Å². The van der Waals surface area contributed by atoms with Gasteiger partial charge in [-0.3, -0.25) is 4.79 Å². The zero-order valence-electron chi connectivity index (χ0n) is 8.93. The molecule has 0 saturated carbocycles. The molecule has 16 heavy (non-hydrogen) atoms. The Labute approximate surface area is 93.7 Å². The molecule has 1 atom stereocenters. The molecule has 0 aromatic heterocycles. The summed E-state index contributed by atoms with van der Waals surface area (Å²) in [6.45, 7) is 3.52. The van der Waals surface area contributed by atoms with Gasteiger partial charge in [0.25, 0.3) is 0 Å². The van der Waals surface area contributed by atoms with Crippen molar-refractivity contribution >= 4 is 5.78 Å². The number of aliphatic hydroxyl groups is 1. The smallest absolute Gasteiger partial charge is 0.211 e. The Balaban J connectivity index is 2.54. The van der Waals surface area contributed by atoms with Crippen molar-refractivity contribution in [2.75, 3.05) is 7.11 Å². The Hall–Kier alpha value is -1.87. The van der Waals surface area contributed by atoms with E-state index in [0.717, 1.165) is 0 Å². The minimum absolute atomic E-state index is 0.263. The number of allylic oxidation sites excluding steroid dienone is 1. The fraction of sp³-hybridized carbons (Fsp3) is 0.154. The van der Waals surface area contributed by atoms with E-state index in [4.69, 9.17) is 4.74 Å². The van der Waals surface area contributed by atoms with Crippen molar-refractivity contribution in [3.8, 4) is 0 Å². The van der Waals surface area contributed by atoms with Crippen molar-refractivity contribution in [2.45, 2.75) is 5.60 Å². The van der Waals surface area contributed by atoms with Crippen molar-refractivity contribution in [3.63, 3.8) is 0 Å². The first kappa shape index (κ1) is 10.6. The lowest BCUT2D eigenvalue weighted by Gasteiger charge is -2.37. The second-order valence-corrected chi connectivity index (χ2v) is 3.56. The Morgan fingerprint density at radius 1 is 1.38 bits per heavy atom. The van der Waals surface area contributed by atoms with Crippen LogP contribution in [0.5, 0.6) is 0 Å². The van der Waals surface area contributed by atoms with E-state index in [1.54, 1.807) is 24.3 Å². The maximum Gasteiger partial charge on any atom is 0.211 e. The standard InChI is InChI=1S/C13H12O3/c1-3-10-11(14)13(15,12(10)16-2)9-7-5-4-6-8-9/h3-8,15H,1H2,2H3. The molecule has 0 heterocycles. The van der Waals surface area contributed by atoms with Crippen LogP contribution in [0, 0.1) is 0 Å². The van der Waals surface area contributed by atoms with Crippen LogP contribution in [0.4, 0.5) is 0 Å². The molecule has 1 aliphatic rings. The molecule has 1 aromatic rings. The molecule has 0 radical (unpaired) electrons. The van der Waals surface area contributed by atoms with Gasteiger partial charge in [-0.15, -0.1) is 0 Å². The Morgan fingerprint density at radius 3 is 2.50 bits per heavy atom. The van der Waals surface area contributed by atoms with Gasteiger partial charge in [0.1, 0.15) is 0 Å². The fourth-order valence-electron chi connectivity index (χ4n) is 1.92. The minimum Gasteiger partial charge on any atom is -0.496 e. The molecule has 0 aliphatic heterocycles. The SMILES string of the molecule is C=CC1=C(OC)C(O)(c2ccccc2)C1=O. The molecule has 0 amide bonds. The summed E-state index contributed by atoms with van der Waals surface area (Å²) < 4.78 is 5.07. The quantitative estimate of drug-likeness (QED) is 0.833. The number of benzene rings is 1. The number of hydrogen-bond donors (Lipinski definition) is 1. The van der Waals surface area contributed by atoms with E-state index in [1.165, 1.54) is 13.2 Å². The van der Waals surface area contributed by atoms with Crippen molar-refractivity contribution in [3.05, 3.63) is 59.9 Å². The summed E-state index contributed by atoms with van der Waals surface area (Å²) in [6, 6.07) is 8.73. The van der Waals surface area contributed by atoms with Gasteiger partial charge in [-0.2, -0.15) is 0 Å². The van der Waals surface area contributed by atoms with Gasteiger partial charge < -0.3 is 9.84 Å². The summed E-state index contributed by atoms with van der Waals surface area (Å²) in [5.74, 6) is -0.107. The third kappa shape index (κ3) is 1.15. The zero-order valence-corrected chi connectivity index (χ0v) is 8.93. The maximum absolute atomic E-state index is 11.8. The molecule has 2 rings (SSSR count). The van der Waals surface area contributed by atoms with Crippen LogP contribution in [0.15, 0.2) is 54.3 Å². The lowest BCUT2D eigenvalue weighted by molar-refractivity contribution is -0.140. The fourth-order valence-corrected chi connectivity index (χ4v) is 1.92. The summed E-state index contributed by atoms with van der Waals surface area (Å²) in [7, 11) is 1.43. The first-order valence-electron chi connectivity index (χ1n) is 4.90. The lowest BCUT2D eigenvalue weighted by atomic mass is 9.73. The molecule has 0 fully saturated rings. The number of carbonyl (C=O) groups is 1. The van der Waals surface area contributed by atoms with Crippen molar-refractivity contribution in [2.24, 2.45) is 0 Å². The van der Waals surface area contributed by atoms with Crippen LogP contribution >= 0.6 is 0 Å². The summed E-state index contributed by atoms with van der Waals surface area (Å²) >= 11 is 0. The molecule has 0 spiro atoms. The van der Waals surface area contributed by atoms with E-state index in [0.29, 0.717) is 11.1 Å². The third-order valence-electron chi connectivity index (χ3n) is 2.75. The van der Waals surface area contributed by atoms with Gasteiger partial charge in [0.05, 0.1) is 12.7 Å². The highest BCUT2D eigenvalue weighted by molar-refractivity contribution is 6.13. The number of methoxy groups -OCH3 is 1. The lowest BCUT2D eigenvalue weighted by Crippen LogP contribution is -2.48. The second kappa shape index (κ2) is 3.61. The van der Waals surface area contributed by atoms with Crippen molar-refractivity contribution in [1.29, 1.82) is 0 Å². The molecule has 82 valence electrons. The van der Waals surface area contributed by atoms with Gasteiger partial charge in [0.2, 0.25) is 11.4 Å². The molecule has 1 aliphatic carbocycles. The number of ether oxygens (including phenoxy) is 1. The molecule has 0 bridgehead atoms. The molecule has 3 heteroatoms. The van der Waals surface area contributed by atoms with Crippen molar-refractivity contribution in [1.82, 2.24) is 0 Å². The number of hydrogen-bond acceptors (Lipinski definition) is 3. The monoisotopic (exact) mass is 216 g/mol. The van der Waals surface area contributed by atoms with E-state index in [-0.39, 0.29) is 11.5 Å². The van der Waals surface area contributed by atoms with Crippen molar-refractivity contribution < 1.29 is 14.6 Å². The predicted octanol–water partition coefficient (Wildman–Crippen LogP) is 1.54. The Bertz CT molecular complexity index is 473. The highest BCUT2D eigenvalue weighted by atomic mass is 16.5. The van der Waals surface area contributed by atoms with Gasteiger partial charge >= 0.3 is 0 Å². The normalized spacial score (nSPS) is 24.0. The van der Waals surface area contributed by atoms with E-state index >= 15 is 0 Å². The number of Topliss-reactive ketones (excluding diaryl/α,β-unsaturated/α-hetero) is 1. The average Bonchev–Trinajstić information content (AvgIpc) is 2.35. The Kier molecular flexibility index (Phi) is 2.40. The average molecular weight is 216 g/mol. The summed E-state index contributed by atoms with van der Waals surface area (Å²) in [4.78, 5) is 11.8. The first-order valence-corrected chi connectivity index (χ1v) is 4.90. The van der Waals surface area contributed by atoms with Crippen LogP contribution in [0.3, 0.4) is 0 Å². The van der Waals surface area contributed by atoms with Gasteiger partial charge in [0.15, 0.2) is 5.76 Å². The highest BCUT2D eigenvalue weighted by Crippen LogP contribution is 2.43. The van der Waals surface area contributed by atoms with Gasteiger partial charge in [-0.1, -0.05) is 43.0 Å². The second-order valence-electron chi connectivity index (χ2n) is 3.56. The zero-order chi connectivity index (χ0) is 11.8. The molecular weight excluding hydrogens is 204 g/mol. The topological polar surface area (TPSA) is 46.5 Å². The predicted molar refractivity (Wildman–Crippen MR) is 59.6 cm³/mol. The van der Waals surface area contributed by atoms with Gasteiger partial charge in [0, 0.05) is 0 Å². The highest BCUT2D eigenvalue weighted by Gasteiger charge is 2.54. The van der Waals surface area contributed by atoms with E-state index in [9.17, 15) is 9.90 Å². The summed E-state index contributed by atoms with van der Waals surface area (Å²) in [5, 5.41) is 10.3. The molecule has 3 nitrogen and oxygen atoms in total. The number of carbonyl (C=O) groups excluding carboxylic acids is 1. The largest absolute Gasteiger partial charge is 0.496 e. The van der Waals surface area contributed by atoms with Crippen LogP contribution in [0.1, 0.15) is 5.56 Å². The maximum atomic E-state index is 11.8. The van der Waals surface area contributed by atoms with E-state index < -0.39 is 5.60 Å². The van der Waals surface area contributed by atoms with Crippen LogP contribution in [0.2, 0.25) is 0 Å². The van der Waals surface area contributed by atoms with E-state index in [2.05, 4.69) is 6.58 Å². The van der Waals surface area contributed by atoms with Crippen LogP contribution in [0.25, 0.3) is 0 Å².